The molecule has 8 nitrogen and oxygen atoms in total. The van der Waals surface area contributed by atoms with Crippen LogP contribution in [0.3, 0.4) is 0 Å². The number of nitrogens with zero attached hydrogens (tertiary/aromatic N) is 4. The Labute approximate surface area is 99.4 Å². The molecule has 0 fully saturated rings. The summed E-state index contributed by atoms with van der Waals surface area (Å²) >= 11 is 0.927. The van der Waals surface area contributed by atoms with Gasteiger partial charge in [0.2, 0.25) is 5.95 Å². The van der Waals surface area contributed by atoms with Gasteiger partial charge < -0.3 is 10.2 Å². The van der Waals surface area contributed by atoms with Crippen LogP contribution < -0.4 is 5.73 Å². The highest BCUT2D eigenvalue weighted by Gasteiger charge is 2.23. The van der Waals surface area contributed by atoms with Crippen molar-refractivity contribution in [1.82, 2.24) is 15.0 Å². The van der Waals surface area contributed by atoms with Crippen LogP contribution in [0.15, 0.2) is 27.1 Å². The molecule has 2 aromatic rings. The fourth-order valence-corrected chi connectivity index (χ4v) is 2.03. The molecular weight excluding hydrogens is 246 g/mol. The molecule has 0 aromatic carbocycles. The second-order valence-electron chi connectivity index (χ2n) is 2.98. The van der Waals surface area contributed by atoms with Crippen molar-refractivity contribution in [1.29, 1.82) is 0 Å². The number of hydrogen-bond acceptors (Lipinski definition) is 8. The van der Waals surface area contributed by atoms with Crippen LogP contribution >= 0.6 is 11.8 Å². The Morgan fingerprint density at radius 1 is 1.53 bits per heavy atom. The van der Waals surface area contributed by atoms with Gasteiger partial charge in [0.25, 0.3) is 5.22 Å². The Morgan fingerprint density at radius 3 is 2.88 bits per heavy atom. The van der Waals surface area contributed by atoms with E-state index in [2.05, 4.69) is 15.0 Å². The van der Waals surface area contributed by atoms with Crippen molar-refractivity contribution in [3.63, 3.8) is 0 Å². The second-order valence-corrected chi connectivity index (χ2v) is 3.92. The normalized spacial score (nSPS) is 10.4. The number of aromatic nitrogens is 3. The van der Waals surface area contributed by atoms with E-state index in [0.717, 1.165) is 11.8 Å². The molecule has 0 radical (unpaired) electrons. The quantitative estimate of drug-likeness (QED) is 0.495. The average Bonchev–Trinajstić information content (AvgIpc) is 2.68. The lowest BCUT2D eigenvalue weighted by Crippen LogP contribution is -2.03. The minimum Gasteiger partial charge on any atom is -0.440 e. The van der Waals surface area contributed by atoms with Crippen LogP contribution in [0.2, 0.25) is 0 Å². The maximum Gasteiger partial charge on any atom is 0.323 e. The van der Waals surface area contributed by atoms with Gasteiger partial charge >= 0.3 is 5.69 Å². The number of hydrogen-bond donors (Lipinski definition) is 1. The van der Waals surface area contributed by atoms with Crippen LogP contribution in [-0.2, 0) is 0 Å². The van der Waals surface area contributed by atoms with Crippen LogP contribution in [0.1, 0.15) is 5.69 Å². The lowest BCUT2D eigenvalue weighted by molar-refractivity contribution is -0.389. The molecule has 0 saturated heterocycles. The first-order chi connectivity index (χ1) is 8.08. The number of nitrogen functional groups attached to an aromatic ring is 1. The molecule has 2 aromatic heterocycles. The first-order valence-electron chi connectivity index (χ1n) is 4.44. The van der Waals surface area contributed by atoms with Gasteiger partial charge in [0.1, 0.15) is 12.0 Å². The first-order valence-corrected chi connectivity index (χ1v) is 5.25. The number of anilines is 1. The van der Waals surface area contributed by atoms with E-state index in [4.69, 9.17) is 10.2 Å². The van der Waals surface area contributed by atoms with Gasteiger partial charge in [-0.15, -0.1) is 0 Å². The Morgan fingerprint density at radius 2 is 2.29 bits per heavy atom. The van der Waals surface area contributed by atoms with Gasteiger partial charge in [-0.3, -0.25) is 10.1 Å². The maximum atomic E-state index is 10.9. The van der Waals surface area contributed by atoms with E-state index in [1.54, 1.807) is 0 Å². The molecule has 0 aliphatic carbocycles. The molecule has 0 spiro atoms. The SMILES string of the molecule is Cc1nc(N)nc(Sc2ncco2)c1[N+](=O)[O-]. The Balaban J connectivity index is 2.47. The number of aryl methyl sites for hydroxylation is 1. The highest BCUT2D eigenvalue weighted by molar-refractivity contribution is 7.99. The zero-order chi connectivity index (χ0) is 12.4. The number of nitrogens with two attached hydrogens (primary N) is 1. The molecule has 2 heterocycles. The fraction of sp³-hybridized carbons (Fsp3) is 0.125. The fourth-order valence-electron chi connectivity index (χ4n) is 1.19. The van der Waals surface area contributed by atoms with E-state index in [1.165, 1.54) is 19.4 Å². The van der Waals surface area contributed by atoms with Crippen LogP contribution in [0.5, 0.6) is 0 Å². The van der Waals surface area contributed by atoms with Gasteiger partial charge in [-0.25, -0.2) is 9.97 Å². The van der Waals surface area contributed by atoms with Crippen LogP contribution in [0.25, 0.3) is 0 Å². The second kappa shape index (κ2) is 4.37. The summed E-state index contributed by atoms with van der Waals surface area (Å²) in [4.78, 5) is 21.8. The minimum atomic E-state index is -0.556. The summed E-state index contributed by atoms with van der Waals surface area (Å²) in [5.41, 5.74) is 5.46. The molecule has 17 heavy (non-hydrogen) atoms. The predicted molar refractivity (Wildman–Crippen MR) is 58.5 cm³/mol. The highest BCUT2D eigenvalue weighted by atomic mass is 32.2. The van der Waals surface area contributed by atoms with Crippen LogP contribution in [0, 0.1) is 17.0 Å². The van der Waals surface area contributed by atoms with E-state index >= 15 is 0 Å². The summed E-state index contributed by atoms with van der Waals surface area (Å²) in [7, 11) is 0. The van der Waals surface area contributed by atoms with Crippen molar-refractivity contribution in [2.75, 3.05) is 5.73 Å². The van der Waals surface area contributed by atoms with Crippen molar-refractivity contribution < 1.29 is 9.34 Å². The van der Waals surface area contributed by atoms with Gasteiger partial charge in [0, 0.05) is 0 Å². The Hall–Kier alpha value is -2.16. The minimum absolute atomic E-state index is 0.0258. The molecule has 9 heteroatoms. The Bertz CT molecular complexity index is 557. The van der Waals surface area contributed by atoms with Crippen molar-refractivity contribution in [2.45, 2.75) is 17.2 Å². The lowest BCUT2D eigenvalue weighted by atomic mass is 10.4. The average molecular weight is 253 g/mol. The molecule has 2 N–H and O–H groups in total. The standard InChI is InChI=1S/C8H7N5O3S/c1-4-5(13(14)15)6(12-7(9)11-4)17-8-10-2-3-16-8/h2-3H,1H3,(H2,9,11,12). The Kier molecular flexibility index (Phi) is 2.91. The number of nitro groups is 1. The number of rotatable bonds is 3. The molecular formula is C8H7N5O3S. The third kappa shape index (κ3) is 2.33. The molecule has 0 unspecified atom stereocenters. The van der Waals surface area contributed by atoms with E-state index in [1.807, 2.05) is 0 Å². The van der Waals surface area contributed by atoms with Gasteiger partial charge in [0.15, 0.2) is 5.03 Å². The summed E-state index contributed by atoms with van der Waals surface area (Å²) in [5.74, 6) is -0.0258. The van der Waals surface area contributed by atoms with E-state index in [9.17, 15) is 10.1 Å². The van der Waals surface area contributed by atoms with Crippen LogP contribution in [-0.4, -0.2) is 19.9 Å². The molecule has 0 atom stereocenters. The maximum absolute atomic E-state index is 10.9. The lowest BCUT2D eigenvalue weighted by Gasteiger charge is -2.02. The molecule has 0 saturated carbocycles. The van der Waals surface area contributed by atoms with Gasteiger partial charge in [-0.1, -0.05) is 0 Å². The topological polar surface area (TPSA) is 121 Å². The van der Waals surface area contributed by atoms with E-state index < -0.39 is 4.92 Å². The first kappa shape index (κ1) is 11.3. The molecule has 2 rings (SSSR count). The summed E-state index contributed by atoms with van der Waals surface area (Å²) in [6.45, 7) is 1.50. The van der Waals surface area contributed by atoms with Crippen molar-refractivity contribution in [2.24, 2.45) is 0 Å². The zero-order valence-electron chi connectivity index (χ0n) is 8.65. The zero-order valence-corrected chi connectivity index (χ0v) is 9.47. The van der Waals surface area contributed by atoms with Gasteiger partial charge in [0.05, 0.1) is 11.1 Å². The van der Waals surface area contributed by atoms with E-state index in [0.29, 0.717) is 0 Å². The molecule has 0 aliphatic heterocycles. The predicted octanol–water partition coefficient (Wildman–Crippen LogP) is 1.41. The summed E-state index contributed by atoms with van der Waals surface area (Å²) in [5, 5.41) is 11.3. The summed E-state index contributed by atoms with van der Waals surface area (Å²) < 4.78 is 4.98. The largest absolute Gasteiger partial charge is 0.440 e. The summed E-state index contributed by atoms with van der Waals surface area (Å²) in [6, 6.07) is 0. The third-order valence-electron chi connectivity index (χ3n) is 1.82. The van der Waals surface area contributed by atoms with Gasteiger partial charge in [-0.05, 0) is 18.7 Å². The highest BCUT2D eigenvalue weighted by Crippen LogP contribution is 2.33. The van der Waals surface area contributed by atoms with Crippen molar-refractivity contribution >= 4 is 23.4 Å². The smallest absolute Gasteiger partial charge is 0.323 e. The van der Waals surface area contributed by atoms with Crippen molar-refractivity contribution in [3.05, 3.63) is 28.3 Å². The monoisotopic (exact) mass is 253 g/mol. The van der Waals surface area contributed by atoms with Crippen LogP contribution in [0.4, 0.5) is 11.6 Å². The molecule has 0 amide bonds. The number of oxazole rings is 1. The molecule has 88 valence electrons. The molecule has 0 bridgehead atoms. The van der Waals surface area contributed by atoms with Gasteiger partial charge in [-0.2, -0.15) is 4.98 Å². The van der Waals surface area contributed by atoms with Crippen molar-refractivity contribution in [3.8, 4) is 0 Å². The van der Waals surface area contributed by atoms with E-state index in [-0.39, 0.29) is 27.6 Å². The summed E-state index contributed by atoms with van der Waals surface area (Å²) in [6.07, 6.45) is 2.80. The molecule has 0 aliphatic rings. The third-order valence-corrected chi connectivity index (χ3v) is 2.67.